The molecule has 0 radical (unpaired) electrons. The Morgan fingerprint density at radius 2 is 1.26 bits per heavy atom. The van der Waals surface area contributed by atoms with Crippen molar-refractivity contribution in [3.8, 4) is 0 Å². The van der Waals surface area contributed by atoms with E-state index in [1.165, 1.54) is 0 Å². The van der Waals surface area contributed by atoms with Crippen molar-refractivity contribution in [2.45, 2.75) is 39.3 Å². The molecule has 2 unspecified atom stereocenters. The van der Waals surface area contributed by atoms with E-state index in [1.54, 1.807) is 0 Å². The van der Waals surface area contributed by atoms with Crippen molar-refractivity contribution in [2.75, 3.05) is 46.2 Å². The smallest absolute Gasteiger partial charge is 0.0701 e. The quantitative estimate of drug-likeness (QED) is 0.463. The van der Waals surface area contributed by atoms with Crippen LogP contribution in [0, 0.1) is 0 Å². The van der Waals surface area contributed by atoms with Crippen LogP contribution >= 0.6 is 0 Å². The van der Waals surface area contributed by atoms with Crippen molar-refractivity contribution < 1.29 is 14.2 Å². The van der Waals surface area contributed by atoms with E-state index in [-0.39, 0.29) is 12.1 Å². The van der Waals surface area contributed by atoms with Crippen LogP contribution in [0.15, 0.2) is 0 Å². The largest absolute Gasteiger partial charge is 0.379 e. The highest BCUT2D eigenvalue weighted by atomic mass is 16.5. The molecule has 0 aliphatic rings. The molecule has 0 spiro atoms. The van der Waals surface area contributed by atoms with Gasteiger partial charge >= 0.3 is 0 Å². The number of rotatable bonds is 11. The first-order chi connectivity index (χ1) is 9.04. The molecule has 6 N–H and O–H groups in total. The molecule has 0 fully saturated rings. The summed E-state index contributed by atoms with van der Waals surface area (Å²) in [5.74, 6) is 0. The van der Waals surface area contributed by atoms with E-state index >= 15 is 0 Å². The van der Waals surface area contributed by atoms with Gasteiger partial charge in [-0.05, 0) is 20.3 Å². The molecule has 2 atom stereocenters. The van der Waals surface area contributed by atoms with E-state index in [4.69, 9.17) is 31.4 Å². The lowest BCUT2D eigenvalue weighted by atomic mass is 10.4. The Balaban J connectivity index is 0. The molecule has 19 heavy (non-hydrogen) atoms. The molecule has 0 rings (SSSR count). The van der Waals surface area contributed by atoms with Crippen molar-refractivity contribution in [1.82, 2.24) is 0 Å². The van der Waals surface area contributed by atoms with Crippen LogP contribution in [-0.4, -0.2) is 58.3 Å². The average Bonchev–Trinajstić information content (AvgIpc) is 2.33. The summed E-state index contributed by atoms with van der Waals surface area (Å²) >= 11 is 0. The van der Waals surface area contributed by atoms with Crippen molar-refractivity contribution in [1.29, 1.82) is 0 Å². The van der Waals surface area contributed by atoms with Crippen LogP contribution in [-0.2, 0) is 14.2 Å². The molecular weight excluding hydrogens is 246 g/mol. The van der Waals surface area contributed by atoms with Gasteiger partial charge in [0, 0.05) is 25.2 Å². The van der Waals surface area contributed by atoms with E-state index in [0.29, 0.717) is 39.6 Å². The van der Waals surface area contributed by atoms with E-state index in [9.17, 15) is 0 Å². The SMILES string of the molecule is CC(N)COCC(C)N.CCCOCCOCCN. The first-order valence-corrected chi connectivity index (χ1v) is 6.99. The van der Waals surface area contributed by atoms with E-state index < -0.39 is 0 Å². The molecule has 0 aromatic rings. The molecule has 0 aliphatic carbocycles. The highest BCUT2D eigenvalue weighted by Gasteiger charge is 1.95. The summed E-state index contributed by atoms with van der Waals surface area (Å²) in [6.07, 6.45) is 1.07. The molecule has 0 aromatic carbocycles. The van der Waals surface area contributed by atoms with E-state index in [1.807, 2.05) is 13.8 Å². The van der Waals surface area contributed by atoms with Crippen LogP contribution in [0.5, 0.6) is 0 Å². The van der Waals surface area contributed by atoms with Gasteiger partial charge in [-0.15, -0.1) is 0 Å². The predicted molar refractivity (Wildman–Crippen MR) is 79.1 cm³/mol. The van der Waals surface area contributed by atoms with Gasteiger partial charge in [0.15, 0.2) is 0 Å². The van der Waals surface area contributed by atoms with Crippen LogP contribution in [0.1, 0.15) is 27.2 Å². The highest BCUT2D eigenvalue weighted by Crippen LogP contribution is 1.82. The zero-order valence-corrected chi connectivity index (χ0v) is 12.8. The number of ether oxygens (including phenoxy) is 3. The summed E-state index contributed by atoms with van der Waals surface area (Å²) < 4.78 is 15.3. The van der Waals surface area contributed by atoms with E-state index in [0.717, 1.165) is 13.0 Å². The van der Waals surface area contributed by atoms with Crippen LogP contribution in [0.2, 0.25) is 0 Å². The fourth-order valence-electron chi connectivity index (χ4n) is 0.989. The summed E-state index contributed by atoms with van der Waals surface area (Å²) in [5, 5.41) is 0. The monoisotopic (exact) mass is 279 g/mol. The average molecular weight is 279 g/mol. The van der Waals surface area contributed by atoms with Crippen LogP contribution in [0.3, 0.4) is 0 Å². The van der Waals surface area contributed by atoms with Gasteiger partial charge in [0.1, 0.15) is 0 Å². The topological polar surface area (TPSA) is 106 Å². The van der Waals surface area contributed by atoms with Crippen molar-refractivity contribution >= 4 is 0 Å². The standard InChI is InChI=1S/C7H17NO2.C6H16N2O/c1-2-4-9-6-7-10-5-3-8;1-5(7)3-9-4-6(2)8/h2-8H2,1H3;5-6H,3-4,7-8H2,1-2H3. The molecule has 0 aliphatic heterocycles. The molecule has 0 amide bonds. The molecule has 0 aromatic heterocycles. The molecule has 0 saturated carbocycles. The Bertz CT molecular complexity index is 142. The first-order valence-electron chi connectivity index (χ1n) is 6.99. The van der Waals surface area contributed by atoms with Gasteiger partial charge in [-0.1, -0.05) is 6.92 Å². The van der Waals surface area contributed by atoms with Crippen LogP contribution < -0.4 is 17.2 Å². The fraction of sp³-hybridized carbons (Fsp3) is 1.00. The Kier molecular flexibility index (Phi) is 19.7. The first kappa shape index (κ1) is 21.1. The molecule has 6 nitrogen and oxygen atoms in total. The second-order valence-electron chi connectivity index (χ2n) is 4.51. The third-order valence-corrected chi connectivity index (χ3v) is 1.74. The van der Waals surface area contributed by atoms with Crippen molar-refractivity contribution in [3.63, 3.8) is 0 Å². The molecule has 0 heterocycles. The minimum absolute atomic E-state index is 0.115. The number of nitrogens with two attached hydrogens (primary N) is 3. The van der Waals surface area contributed by atoms with Crippen molar-refractivity contribution in [3.05, 3.63) is 0 Å². The second kappa shape index (κ2) is 17.8. The van der Waals surface area contributed by atoms with Gasteiger partial charge in [-0.25, -0.2) is 0 Å². The van der Waals surface area contributed by atoms with Crippen LogP contribution in [0.4, 0.5) is 0 Å². The van der Waals surface area contributed by atoms with Gasteiger partial charge in [0.2, 0.25) is 0 Å². The predicted octanol–water partition coefficient (Wildman–Crippen LogP) is 0.0857. The maximum atomic E-state index is 5.41. The lowest BCUT2D eigenvalue weighted by Crippen LogP contribution is -2.27. The summed E-state index contributed by atoms with van der Waals surface area (Å²) in [5.41, 5.74) is 16.0. The van der Waals surface area contributed by atoms with Gasteiger partial charge in [0.25, 0.3) is 0 Å². The Hall–Kier alpha value is -0.240. The Labute approximate surface area is 117 Å². The fourth-order valence-corrected chi connectivity index (χ4v) is 0.989. The van der Waals surface area contributed by atoms with Gasteiger partial charge < -0.3 is 31.4 Å². The zero-order chi connectivity index (χ0) is 14.9. The summed E-state index contributed by atoms with van der Waals surface area (Å²) in [6, 6.07) is 0.229. The number of hydrogen-bond donors (Lipinski definition) is 3. The zero-order valence-electron chi connectivity index (χ0n) is 12.8. The van der Waals surface area contributed by atoms with Gasteiger partial charge in [-0.2, -0.15) is 0 Å². The summed E-state index contributed by atoms with van der Waals surface area (Å²) in [4.78, 5) is 0. The Morgan fingerprint density at radius 1 is 0.789 bits per heavy atom. The minimum atomic E-state index is 0.115. The Morgan fingerprint density at radius 3 is 1.63 bits per heavy atom. The van der Waals surface area contributed by atoms with Crippen LogP contribution in [0.25, 0.3) is 0 Å². The lowest BCUT2D eigenvalue weighted by Gasteiger charge is -2.08. The maximum Gasteiger partial charge on any atom is 0.0701 e. The van der Waals surface area contributed by atoms with Gasteiger partial charge in [-0.3, -0.25) is 0 Å². The molecule has 118 valence electrons. The molecular formula is C13H33N3O3. The molecule has 6 heteroatoms. The molecule has 0 saturated heterocycles. The number of hydrogen-bond acceptors (Lipinski definition) is 6. The third kappa shape index (κ3) is 27.1. The highest BCUT2D eigenvalue weighted by molar-refractivity contribution is 4.52. The lowest BCUT2D eigenvalue weighted by molar-refractivity contribution is 0.0510. The van der Waals surface area contributed by atoms with E-state index in [2.05, 4.69) is 6.92 Å². The maximum absolute atomic E-state index is 5.41. The van der Waals surface area contributed by atoms with Crippen molar-refractivity contribution in [2.24, 2.45) is 17.2 Å². The minimum Gasteiger partial charge on any atom is -0.379 e. The summed E-state index contributed by atoms with van der Waals surface area (Å²) in [6.45, 7) is 10.5. The third-order valence-electron chi connectivity index (χ3n) is 1.74. The normalized spacial score (nSPS) is 13.6. The summed E-state index contributed by atoms with van der Waals surface area (Å²) in [7, 11) is 0. The molecule has 0 bridgehead atoms. The van der Waals surface area contributed by atoms with Gasteiger partial charge in [0.05, 0.1) is 33.0 Å². The second-order valence-corrected chi connectivity index (χ2v) is 4.51.